The van der Waals surface area contributed by atoms with Gasteiger partial charge in [0, 0.05) is 29.2 Å². The third kappa shape index (κ3) is 5.15. The summed E-state index contributed by atoms with van der Waals surface area (Å²) in [6, 6.07) is 1.40. The van der Waals surface area contributed by atoms with Gasteiger partial charge in [-0.2, -0.15) is 0 Å². The van der Waals surface area contributed by atoms with E-state index >= 15 is 0 Å². The molecule has 214 valence electrons. The van der Waals surface area contributed by atoms with Crippen molar-refractivity contribution in [1.29, 1.82) is 0 Å². The van der Waals surface area contributed by atoms with Crippen LogP contribution in [0.25, 0.3) is 0 Å². The summed E-state index contributed by atoms with van der Waals surface area (Å²) >= 11 is 0. The van der Waals surface area contributed by atoms with E-state index in [1.165, 1.54) is 19.1 Å². The van der Waals surface area contributed by atoms with Gasteiger partial charge in [0.15, 0.2) is 11.6 Å². The number of allylic oxidation sites excluding steroid dienone is 2. The minimum atomic E-state index is -2.09. The maximum Gasteiger partial charge on any atom is 0.333 e. The van der Waals surface area contributed by atoms with Crippen molar-refractivity contribution in [2.45, 2.75) is 78.1 Å². The highest BCUT2D eigenvalue weighted by Crippen LogP contribution is 2.49. The second kappa shape index (κ2) is 11.1. The number of aliphatic hydroxyl groups excluding tert-OH is 1. The van der Waals surface area contributed by atoms with E-state index in [1.54, 1.807) is 19.1 Å². The Bertz CT molecular complexity index is 1350. The van der Waals surface area contributed by atoms with Crippen molar-refractivity contribution in [1.82, 2.24) is 5.32 Å². The van der Waals surface area contributed by atoms with E-state index in [-0.39, 0.29) is 57.5 Å². The van der Waals surface area contributed by atoms with Crippen molar-refractivity contribution in [2.75, 3.05) is 0 Å². The normalized spacial score (nSPS) is 31.2. The highest BCUT2D eigenvalue weighted by Gasteiger charge is 2.55. The average Bonchev–Trinajstić information content (AvgIpc) is 3.13. The molecule has 0 radical (unpaired) electrons. The lowest BCUT2D eigenvalue weighted by atomic mass is 9.72. The van der Waals surface area contributed by atoms with Gasteiger partial charge in [-0.25, -0.2) is 4.79 Å². The fourth-order valence-corrected chi connectivity index (χ4v) is 5.70. The minimum absolute atomic E-state index is 0.00525. The van der Waals surface area contributed by atoms with Gasteiger partial charge < -0.3 is 25.4 Å². The lowest BCUT2D eigenvalue weighted by Gasteiger charge is -2.34. The first kappa shape index (κ1) is 29.4. The second-order valence-corrected chi connectivity index (χ2v) is 11.4. The first-order valence-corrected chi connectivity index (χ1v) is 13.7. The Balaban J connectivity index is 1.93. The van der Waals surface area contributed by atoms with E-state index < -0.39 is 47.2 Å². The number of carbonyl (C=O) groups excluding carboxylic acids is 4. The van der Waals surface area contributed by atoms with E-state index in [9.17, 15) is 34.5 Å². The fraction of sp³-hybridized carbons (Fsp3) is 0.484. The van der Waals surface area contributed by atoms with Crippen LogP contribution in [-0.2, 0) is 19.9 Å². The summed E-state index contributed by atoms with van der Waals surface area (Å²) in [6.07, 6.45) is 5.16. The number of ketones is 2. The van der Waals surface area contributed by atoms with Crippen LogP contribution in [0.2, 0.25) is 0 Å². The van der Waals surface area contributed by atoms with Crippen LogP contribution in [0.4, 0.5) is 0 Å². The number of phenols is 1. The molecule has 4 rings (SSSR count). The zero-order chi connectivity index (χ0) is 29.5. The van der Waals surface area contributed by atoms with E-state index in [0.29, 0.717) is 19.3 Å². The number of phenolic OH excluding ortho intramolecular Hbond substituents is 1. The van der Waals surface area contributed by atoms with Gasteiger partial charge in [-0.15, -0.1) is 0 Å². The summed E-state index contributed by atoms with van der Waals surface area (Å²) in [4.78, 5) is 53.1. The molecule has 40 heavy (non-hydrogen) atoms. The van der Waals surface area contributed by atoms with Gasteiger partial charge in [-0.05, 0) is 56.6 Å². The summed E-state index contributed by atoms with van der Waals surface area (Å²) in [6.45, 7) is 8.81. The zero-order valence-corrected chi connectivity index (χ0v) is 23.5. The maximum atomic E-state index is 13.5. The van der Waals surface area contributed by atoms with E-state index in [1.807, 2.05) is 20.8 Å². The first-order chi connectivity index (χ1) is 18.8. The Hall–Kier alpha value is -3.56. The molecule has 0 spiro atoms. The topological polar surface area (TPSA) is 150 Å². The number of Topliss-reactive ketones (excluding diaryl/α,β-unsaturated/α-hetero) is 1. The monoisotopic (exact) mass is 551 g/mol. The Morgan fingerprint density at radius 1 is 1.12 bits per heavy atom. The Morgan fingerprint density at radius 3 is 2.48 bits per heavy atom. The maximum absolute atomic E-state index is 13.5. The van der Waals surface area contributed by atoms with Crippen molar-refractivity contribution in [3.63, 3.8) is 0 Å². The summed E-state index contributed by atoms with van der Waals surface area (Å²) in [7, 11) is 0. The largest absolute Gasteiger partial charge is 0.507 e. The third-order valence-electron chi connectivity index (χ3n) is 8.03. The molecule has 1 aromatic carbocycles. The van der Waals surface area contributed by atoms with Gasteiger partial charge in [0.2, 0.25) is 5.91 Å². The Morgan fingerprint density at radius 2 is 1.82 bits per heavy atom. The number of aliphatic hydroxyl groups is 2. The molecule has 1 fully saturated rings. The quantitative estimate of drug-likeness (QED) is 0.329. The molecule has 1 aromatic rings. The van der Waals surface area contributed by atoms with Gasteiger partial charge in [0.25, 0.3) is 0 Å². The van der Waals surface area contributed by atoms with Gasteiger partial charge in [-0.3, -0.25) is 14.4 Å². The fourth-order valence-electron chi connectivity index (χ4n) is 5.70. The molecule has 4 bridgehead atoms. The number of hydrogen-bond donors (Lipinski definition) is 4. The van der Waals surface area contributed by atoms with Gasteiger partial charge in [0.1, 0.15) is 23.6 Å². The molecule has 4 N–H and O–H groups in total. The zero-order valence-electron chi connectivity index (χ0n) is 23.5. The number of hydrogen-bond acceptors (Lipinski definition) is 8. The molecule has 1 amide bonds. The predicted octanol–water partition coefficient (Wildman–Crippen LogP) is 3.54. The number of ether oxygens (including phenoxy) is 1. The molecular formula is C31H37NO8. The van der Waals surface area contributed by atoms with Crippen molar-refractivity contribution in [2.24, 2.45) is 17.8 Å². The molecule has 1 aliphatic carbocycles. The molecule has 3 aliphatic rings. The lowest BCUT2D eigenvalue weighted by molar-refractivity contribution is -0.149. The number of amides is 1. The lowest BCUT2D eigenvalue weighted by Crippen LogP contribution is -2.39. The van der Waals surface area contributed by atoms with Crippen LogP contribution in [0.15, 0.2) is 41.6 Å². The van der Waals surface area contributed by atoms with Crippen LogP contribution in [0.3, 0.4) is 0 Å². The Kier molecular flexibility index (Phi) is 8.19. The standard InChI is InChI=1S/C31H37NO8/c1-6-18-7-9-21(33)24(11-15(2)3)40-30(38)17(5)13-20-29(37)32-25-14-23(35)26-19(31(20,25)39)12-16(4)28(36)27(26)22(34)10-8-18/h7,9,12-15,18,20-21,24,33,36,39H,6,8,10-11H2,1-5H3,(H,32,37)/b9-7-,17-13-/t18-,20-,21-,24-,31-/m0/s1. The summed E-state index contributed by atoms with van der Waals surface area (Å²) < 4.78 is 5.70. The molecule has 2 aliphatic heterocycles. The summed E-state index contributed by atoms with van der Waals surface area (Å²) in [5.74, 6) is -4.19. The molecule has 0 aromatic heterocycles. The van der Waals surface area contributed by atoms with Gasteiger partial charge in [-0.1, -0.05) is 39.0 Å². The molecule has 2 heterocycles. The van der Waals surface area contributed by atoms with Crippen LogP contribution < -0.4 is 5.32 Å². The number of aryl methyl sites for hydroxylation is 1. The number of aromatic hydroxyl groups is 1. The van der Waals surface area contributed by atoms with Crippen molar-refractivity contribution in [3.8, 4) is 5.75 Å². The minimum Gasteiger partial charge on any atom is -0.507 e. The van der Waals surface area contributed by atoms with Crippen molar-refractivity contribution in [3.05, 3.63) is 63.9 Å². The highest BCUT2D eigenvalue weighted by molar-refractivity contribution is 6.17. The number of cyclic esters (lactones) is 1. The average molecular weight is 552 g/mol. The van der Waals surface area contributed by atoms with E-state index in [0.717, 1.165) is 6.08 Å². The molecule has 0 saturated carbocycles. The predicted molar refractivity (Wildman–Crippen MR) is 146 cm³/mol. The van der Waals surface area contributed by atoms with Crippen LogP contribution in [0, 0.1) is 24.7 Å². The number of carbonyl (C=O) groups is 4. The number of benzene rings is 1. The number of nitrogens with one attached hydrogen (secondary N) is 1. The summed E-state index contributed by atoms with van der Waals surface area (Å²) in [5.41, 5.74) is -2.21. The van der Waals surface area contributed by atoms with Crippen LogP contribution in [0.1, 0.15) is 85.2 Å². The van der Waals surface area contributed by atoms with Crippen LogP contribution in [0.5, 0.6) is 5.75 Å². The molecule has 1 saturated heterocycles. The Labute approximate surface area is 233 Å². The smallest absolute Gasteiger partial charge is 0.333 e. The van der Waals surface area contributed by atoms with Crippen molar-refractivity contribution < 1.29 is 39.2 Å². The van der Waals surface area contributed by atoms with Crippen LogP contribution >= 0.6 is 0 Å². The molecular weight excluding hydrogens is 514 g/mol. The van der Waals surface area contributed by atoms with E-state index in [4.69, 9.17) is 4.74 Å². The van der Waals surface area contributed by atoms with E-state index in [2.05, 4.69) is 5.32 Å². The van der Waals surface area contributed by atoms with Crippen LogP contribution in [-0.4, -0.2) is 51.0 Å². The van der Waals surface area contributed by atoms with Gasteiger partial charge >= 0.3 is 5.97 Å². The number of rotatable bonds is 3. The number of esters is 1. The van der Waals surface area contributed by atoms with Crippen molar-refractivity contribution >= 4 is 23.4 Å². The molecule has 5 atom stereocenters. The first-order valence-electron chi connectivity index (χ1n) is 13.7. The third-order valence-corrected chi connectivity index (χ3v) is 8.03. The molecule has 9 heteroatoms. The summed E-state index contributed by atoms with van der Waals surface area (Å²) in [5, 5.41) is 36.5. The second-order valence-electron chi connectivity index (χ2n) is 11.4. The SMILES string of the molecule is CC[C@H]1/C=C\[C@H](O)[C@H](CC(C)C)OC(=O)/C(C)=C\[C@H]2C(=O)NC3=CC(=O)c4c(cc(C)c(O)c4C(=O)CC1)[C@@]32O. The molecule has 0 unspecified atom stereocenters. The molecule has 9 nitrogen and oxygen atoms in total. The highest BCUT2D eigenvalue weighted by atomic mass is 16.6. The van der Waals surface area contributed by atoms with Gasteiger partial charge in [0.05, 0.1) is 17.2 Å².